The first-order valence-corrected chi connectivity index (χ1v) is 15.0. The van der Waals surface area contributed by atoms with Gasteiger partial charge >= 0.3 is 0 Å². The van der Waals surface area contributed by atoms with Gasteiger partial charge in [-0.25, -0.2) is 0 Å². The van der Waals surface area contributed by atoms with Gasteiger partial charge in [-0.1, -0.05) is 39.0 Å². The number of aromatic nitrogens is 4. The van der Waals surface area contributed by atoms with Gasteiger partial charge in [0.05, 0.1) is 24.5 Å². The van der Waals surface area contributed by atoms with Crippen LogP contribution in [-0.4, -0.2) is 100 Å². The second kappa shape index (κ2) is 14.9. The summed E-state index contributed by atoms with van der Waals surface area (Å²) in [5.74, 6) is -0.728. The van der Waals surface area contributed by atoms with E-state index in [2.05, 4.69) is 46.5 Å². The fourth-order valence-corrected chi connectivity index (χ4v) is 5.22. The van der Waals surface area contributed by atoms with Gasteiger partial charge in [0.15, 0.2) is 0 Å². The molecule has 3 aromatic rings. The molecule has 1 aliphatic heterocycles. The summed E-state index contributed by atoms with van der Waals surface area (Å²) >= 11 is 0.876. The van der Waals surface area contributed by atoms with E-state index in [1.807, 2.05) is 0 Å². The highest BCUT2D eigenvalue weighted by Crippen LogP contribution is 2.24. The highest BCUT2D eigenvalue weighted by molar-refractivity contribution is 8.13. The standard InChI is InChI=1S/C19H18N6O6S2.C6H15N/c26-17(15-6-1-2-7-16(15)33(28,29)30)20-13-4-3-5-14(12-13)25-18(21-22-23-25)32-19(27)24-8-10-31-11-9-24;1-4-7(5-2)6-3/h1-7,12H,8-11H2,(H,20,26)(H,28,29,30);4-6H2,1-3H3. The van der Waals surface area contributed by atoms with E-state index in [9.17, 15) is 22.6 Å². The fraction of sp³-hybridized carbons (Fsp3) is 0.400. The number of nitrogens with zero attached hydrogens (tertiary/aromatic N) is 6. The van der Waals surface area contributed by atoms with Crippen LogP contribution in [0.25, 0.3) is 5.69 Å². The monoisotopic (exact) mass is 591 g/mol. The summed E-state index contributed by atoms with van der Waals surface area (Å²) in [6.07, 6.45) is 0. The van der Waals surface area contributed by atoms with Crippen molar-refractivity contribution >= 4 is 38.7 Å². The molecule has 0 bridgehead atoms. The topological polar surface area (TPSA) is 160 Å². The quantitative estimate of drug-likeness (QED) is 0.293. The molecule has 0 saturated carbocycles. The van der Waals surface area contributed by atoms with E-state index >= 15 is 0 Å². The summed E-state index contributed by atoms with van der Waals surface area (Å²) in [6.45, 7) is 12.0. The molecule has 1 fully saturated rings. The van der Waals surface area contributed by atoms with Gasteiger partial charge in [0.1, 0.15) is 4.90 Å². The van der Waals surface area contributed by atoms with Crippen LogP contribution in [0.1, 0.15) is 31.1 Å². The van der Waals surface area contributed by atoms with E-state index in [1.54, 1.807) is 29.2 Å². The molecule has 1 saturated heterocycles. The van der Waals surface area contributed by atoms with E-state index < -0.39 is 20.9 Å². The first kappa shape index (κ1) is 31.2. The Bertz CT molecular complexity index is 1380. The zero-order valence-corrected chi connectivity index (χ0v) is 24.2. The molecule has 13 nitrogen and oxygen atoms in total. The number of anilines is 1. The highest BCUT2D eigenvalue weighted by Gasteiger charge is 2.22. The van der Waals surface area contributed by atoms with E-state index in [0.29, 0.717) is 37.7 Å². The van der Waals surface area contributed by atoms with Crippen molar-refractivity contribution in [1.29, 1.82) is 0 Å². The smallest absolute Gasteiger partial charge is 0.295 e. The van der Waals surface area contributed by atoms with Crippen LogP contribution in [0.2, 0.25) is 0 Å². The molecule has 216 valence electrons. The van der Waals surface area contributed by atoms with Crippen molar-refractivity contribution < 1.29 is 27.3 Å². The largest absolute Gasteiger partial charge is 0.378 e. The molecule has 2 amide bonds. The molecule has 0 radical (unpaired) electrons. The minimum absolute atomic E-state index is 0.208. The Labute approximate surface area is 237 Å². The summed E-state index contributed by atoms with van der Waals surface area (Å²) in [6, 6.07) is 11.8. The molecule has 4 rings (SSSR count). The van der Waals surface area contributed by atoms with Gasteiger partial charge in [-0.3, -0.25) is 14.1 Å². The molecule has 2 aromatic carbocycles. The summed E-state index contributed by atoms with van der Waals surface area (Å²) < 4.78 is 39.1. The van der Waals surface area contributed by atoms with Gasteiger partial charge < -0.3 is 19.9 Å². The highest BCUT2D eigenvalue weighted by atomic mass is 32.2. The average Bonchev–Trinajstić information content (AvgIpc) is 3.42. The number of rotatable bonds is 8. The Morgan fingerprint density at radius 1 is 1.05 bits per heavy atom. The summed E-state index contributed by atoms with van der Waals surface area (Å²) in [7, 11) is -4.58. The molecule has 2 N–H and O–H groups in total. The van der Waals surface area contributed by atoms with Crippen LogP contribution in [0, 0.1) is 0 Å². The zero-order valence-electron chi connectivity index (χ0n) is 22.6. The normalized spacial score (nSPS) is 13.5. The predicted octanol–water partition coefficient (Wildman–Crippen LogP) is 3.05. The maximum atomic E-state index is 12.7. The molecular weight excluding hydrogens is 558 g/mol. The number of thioether (sulfide) groups is 1. The molecule has 1 aliphatic rings. The third-order valence-electron chi connectivity index (χ3n) is 5.99. The summed E-state index contributed by atoms with van der Waals surface area (Å²) in [5, 5.41) is 14.1. The van der Waals surface area contributed by atoms with Gasteiger partial charge in [0.2, 0.25) is 5.16 Å². The van der Waals surface area contributed by atoms with Crippen LogP contribution in [0.15, 0.2) is 58.6 Å². The number of hydrogen-bond acceptors (Lipinski definition) is 10. The van der Waals surface area contributed by atoms with Crippen LogP contribution in [-0.2, 0) is 14.9 Å². The lowest BCUT2D eigenvalue weighted by atomic mass is 10.2. The minimum atomic E-state index is -4.58. The lowest BCUT2D eigenvalue weighted by Crippen LogP contribution is -2.38. The van der Waals surface area contributed by atoms with Crippen LogP contribution < -0.4 is 5.32 Å². The summed E-state index contributed by atoms with van der Waals surface area (Å²) in [4.78, 5) is 28.7. The van der Waals surface area contributed by atoms with Crippen LogP contribution in [0.3, 0.4) is 0 Å². The Morgan fingerprint density at radius 2 is 1.73 bits per heavy atom. The second-order valence-electron chi connectivity index (χ2n) is 8.44. The molecule has 2 heterocycles. The lowest BCUT2D eigenvalue weighted by molar-refractivity contribution is 0.0593. The van der Waals surface area contributed by atoms with E-state index in [0.717, 1.165) is 17.8 Å². The fourth-order valence-electron chi connectivity index (χ4n) is 3.76. The number of benzene rings is 2. The Hall–Kier alpha value is -3.37. The van der Waals surface area contributed by atoms with E-state index in [1.165, 1.54) is 42.5 Å². The number of carbonyl (C=O) groups is 2. The minimum Gasteiger partial charge on any atom is -0.378 e. The molecule has 0 atom stereocenters. The van der Waals surface area contributed by atoms with Crippen molar-refractivity contribution in [2.24, 2.45) is 0 Å². The van der Waals surface area contributed by atoms with Crippen LogP contribution in [0.5, 0.6) is 0 Å². The number of tetrazole rings is 1. The van der Waals surface area contributed by atoms with Gasteiger partial charge in [-0.15, -0.1) is 5.10 Å². The third kappa shape index (κ3) is 8.56. The summed E-state index contributed by atoms with van der Waals surface area (Å²) in [5.41, 5.74) is 0.590. The van der Waals surface area contributed by atoms with Crippen LogP contribution in [0.4, 0.5) is 10.5 Å². The molecule has 1 aromatic heterocycles. The maximum Gasteiger partial charge on any atom is 0.295 e. The number of morpholine rings is 1. The average molecular weight is 592 g/mol. The Balaban J connectivity index is 0.000000559. The first-order chi connectivity index (χ1) is 19.2. The zero-order chi connectivity index (χ0) is 29.1. The van der Waals surface area contributed by atoms with E-state index in [4.69, 9.17) is 4.74 Å². The number of hydrogen-bond donors (Lipinski definition) is 2. The first-order valence-electron chi connectivity index (χ1n) is 12.7. The van der Waals surface area contributed by atoms with Gasteiger partial charge in [-0.05, 0) is 60.4 Å². The molecular formula is C25H33N7O6S2. The van der Waals surface area contributed by atoms with Crippen LogP contribution >= 0.6 is 11.8 Å². The van der Waals surface area contributed by atoms with Crippen molar-refractivity contribution in [1.82, 2.24) is 30.0 Å². The molecule has 0 spiro atoms. The van der Waals surface area contributed by atoms with Crippen molar-refractivity contribution in [2.45, 2.75) is 30.8 Å². The number of ether oxygens (including phenoxy) is 1. The predicted molar refractivity (Wildman–Crippen MR) is 150 cm³/mol. The van der Waals surface area contributed by atoms with E-state index in [-0.39, 0.29) is 16.0 Å². The van der Waals surface area contributed by atoms with Gasteiger partial charge in [0, 0.05) is 30.5 Å². The number of carbonyl (C=O) groups excluding carboxylic acids is 2. The van der Waals surface area contributed by atoms with Crippen molar-refractivity contribution in [3.05, 3.63) is 54.1 Å². The van der Waals surface area contributed by atoms with Crippen molar-refractivity contribution in [2.75, 3.05) is 51.3 Å². The molecule has 0 aliphatic carbocycles. The Morgan fingerprint density at radius 3 is 2.35 bits per heavy atom. The molecule has 15 heteroatoms. The van der Waals surface area contributed by atoms with Gasteiger partial charge in [0.25, 0.3) is 21.3 Å². The molecule has 0 unspecified atom stereocenters. The number of amides is 2. The maximum absolute atomic E-state index is 12.7. The lowest BCUT2D eigenvalue weighted by Gasteiger charge is -2.25. The Kier molecular flexibility index (Phi) is 11.6. The third-order valence-corrected chi connectivity index (χ3v) is 7.77. The number of nitrogens with one attached hydrogen (secondary N) is 1. The van der Waals surface area contributed by atoms with Crippen molar-refractivity contribution in [3.63, 3.8) is 0 Å². The second-order valence-corrected chi connectivity index (χ2v) is 10.7. The SMILES string of the molecule is CCN(CC)CC.O=C(Nc1cccc(-n2nnnc2SC(=O)N2CCOCC2)c1)c1ccccc1S(=O)(=O)O. The van der Waals surface area contributed by atoms with Crippen molar-refractivity contribution in [3.8, 4) is 5.69 Å². The van der Waals surface area contributed by atoms with Gasteiger partial charge in [-0.2, -0.15) is 13.1 Å². The molecule has 40 heavy (non-hydrogen) atoms.